The maximum atomic E-state index is 13.0. The van der Waals surface area contributed by atoms with E-state index in [1.165, 1.54) is 18.2 Å². The zero-order valence-corrected chi connectivity index (χ0v) is 14.9. The van der Waals surface area contributed by atoms with Crippen LogP contribution in [-0.4, -0.2) is 14.3 Å². The van der Waals surface area contributed by atoms with Crippen LogP contribution in [0, 0.1) is 0 Å². The number of rotatable bonds is 5. The Labute approximate surface area is 143 Å². The third kappa shape index (κ3) is 3.92. The van der Waals surface area contributed by atoms with Crippen molar-refractivity contribution in [3.63, 3.8) is 0 Å². The van der Waals surface area contributed by atoms with Crippen molar-refractivity contribution in [2.45, 2.75) is 32.1 Å². The first-order valence-electron chi connectivity index (χ1n) is 7.74. The monoisotopic (exact) mass is 343 g/mol. The average molecular weight is 343 g/mol. The molecule has 126 valence electrons. The van der Waals surface area contributed by atoms with E-state index in [1.54, 1.807) is 44.2 Å². The number of hydrogen-bond donors (Lipinski definition) is 0. The zero-order valence-electron chi connectivity index (χ0n) is 14.1. The molecule has 0 aliphatic carbocycles. The molecule has 0 fully saturated rings. The van der Waals surface area contributed by atoms with Crippen LogP contribution >= 0.6 is 0 Å². The summed E-state index contributed by atoms with van der Waals surface area (Å²) in [5.74, 6) is -0.580. The van der Waals surface area contributed by atoms with Crippen molar-refractivity contribution < 1.29 is 13.2 Å². The molecule has 2 rings (SSSR count). The maximum absolute atomic E-state index is 13.0. The van der Waals surface area contributed by atoms with Gasteiger partial charge in [0.05, 0.1) is 10.6 Å². The van der Waals surface area contributed by atoms with Crippen molar-refractivity contribution >= 4 is 21.6 Å². The highest BCUT2D eigenvalue weighted by molar-refractivity contribution is 7.93. The second-order valence-electron chi connectivity index (χ2n) is 5.66. The summed E-state index contributed by atoms with van der Waals surface area (Å²) < 4.78 is 26.8. The van der Waals surface area contributed by atoms with Crippen LogP contribution in [0.15, 0.2) is 71.1 Å². The lowest BCUT2D eigenvalue weighted by molar-refractivity contribution is -0.113. The Bertz CT molecular complexity index is 834. The van der Waals surface area contributed by atoms with Crippen molar-refractivity contribution in [2.24, 2.45) is 0 Å². The van der Waals surface area contributed by atoms with Crippen molar-refractivity contribution in [1.29, 1.82) is 0 Å². The zero-order chi connectivity index (χ0) is 17.7. The summed E-state index contributed by atoms with van der Waals surface area (Å²) in [6.45, 7) is 5.53. The average Bonchev–Trinajstić information content (AvgIpc) is 2.55. The number of sulfonamides is 1. The van der Waals surface area contributed by atoms with E-state index in [2.05, 4.69) is 0 Å². The largest absolute Gasteiger partial charge is 0.271 e. The van der Waals surface area contributed by atoms with Crippen molar-refractivity contribution in [1.82, 2.24) is 0 Å². The molecule has 2 aromatic carbocycles. The van der Waals surface area contributed by atoms with Gasteiger partial charge in [0.1, 0.15) is 0 Å². The Kier molecular flexibility index (Phi) is 5.57. The second-order valence-corrected chi connectivity index (χ2v) is 7.45. The molecule has 2 aromatic rings. The summed E-state index contributed by atoms with van der Waals surface area (Å²) in [4.78, 5) is 12.7. The van der Waals surface area contributed by atoms with E-state index >= 15 is 0 Å². The minimum Gasteiger partial charge on any atom is -0.268 e. The van der Waals surface area contributed by atoms with Crippen molar-refractivity contribution in [3.8, 4) is 0 Å². The molecule has 0 unspecified atom stereocenters. The predicted molar refractivity (Wildman–Crippen MR) is 96.4 cm³/mol. The van der Waals surface area contributed by atoms with E-state index in [-0.39, 0.29) is 4.90 Å². The Morgan fingerprint density at radius 1 is 1.00 bits per heavy atom. The molecule has 0 saturated heterocycles. The Morgan fingerprint density at radius 3 is 2.08 bits per heavy atom. The van der Waals surface area contributed by atoms with Gasteiger partial charge in [-0.1, -0.05) is 42.8 Å². The van der Waals surface area contributed by atoms with Gasteiger partial charge in [0.2, 0.25) is 0 Å². The van der Waals surface area contributed by atoms with E-state index in [1.807, 2.05) is 19.1 Å². The summed E-state index contributed by atoms with van der Waals surface area (Å²) in [5, 5.41) is 0. The van der Waals surface area contributed by atoms with Gasteiger partial charge in [0.15, 0.2) is 0 Å². The van der Waals surface area contributed by atoms with Crippen LogP contribution < -0.4 is 4.31 Å². The molecular weight excluding hydrogens is 322 g/mol. The molecule has 0 atom stereocenters. The van der Waals surface area contributed by atoms with Gasteiger partial charge in [-0.2, -0.15) is 4.31 Å². The molecule has 0 spiro atoms. The van der Waals surface area contributed by atoms with Crippen LogP contribution in [-0.2, 0) is 21.2 Å². The van der Waals surface area contributed by atoms with Crippen molar-refractivity contribution in [3.05, 3.63) is 71.8 Å². The molecule has 5 heteroatoms. The molecule has 0 aromatic heterocycles. The van der Waals surface area contributed by atoms with Gasteiger partial charge in [-0.3, -0.25) is 4.79 Å². The van der Waals surface area contributed by atoms with Gasteiger partial charge in [0.25, 0.3) is 15.9 Å². The number of benzene rings is 2. The molecule has 0 aliphatic rings. The third-order valence-corrected chi connectivity index (χ3v) is 5.21. The molecule has 4 nitrogen and oxygen atoms in total. The van der Waals surface area contributed by atoms with E-state index in [0.717, 1.165) is 21.9 Å². The molecular formula is C19H21NO3S. The summed E-state index contributed by atoms with van der Waals surface area (Å²) in [6, 6.07) is 15.0. The first-order chi connectivity index (χ1) is 11.4. The second kappa shape index (κ2) is 7.45. The van der Waals surface area contributed by atoms with Gasteiger partial charge < -0.3 is 0 Å². The number of aryl methyl sites for hydroxylation is 1. The first-order valence-corrected chi connectivity index (χ1v) is 9.18. The summed E-state index contributed by atoms with van der Waals surface area (Å²) >= 11 is 0. The van der Waals surface area contributed by atoms with Crippen molar-refractivity contribution in [2.75, 3.05) is 4.31 Å². The Morgan fingerprint density at radius 2 is 1.58 bits per heavy atom. The van der Waals surface area contributed by atoms with E-state index < -0.39 is 15.9 Å². The minimum absolute atomic E-state index is 0.0834. The lowest BCUT2D eigenvalue weighted by atomic mass is 10.1. The van der Waals surface area contributed by atoms with Gasteiger partial charge >= 0.3 is 0 Å². The fourth-order valence-electron chi connectivity index (χ4n) is 2.25. The molecule has 0 heterocycles. The first kappa shape index (κ1) is 17.9. The quantitative estimate of drug-likeness (QED) is 0.773. The lowest BCUT2D eigenvalue weighted by Gasteiger charge is -2.22. The molecule has 0 N–H and O–H groups in total. The standard InChI is InChI=1S/C19H21NO3S/c1-4-16-10-12-17(13-11-16)20(19(21)14-15(2)3)24(22,23)18-8-6-5-7-9-18/h5-14H,4H2,1-3H3. The SMILES string of the molecule is CCc1ccc(N(C(=O)C=C(C)C)S(=O)(=O)c2ccccc2)cc1. The minimum atomic E-state index is -3.98. The number of allylic oxidation sites excluding steroid dienone is 1. The van der Waals surface area contributed by atoms with Crippen LogP contribution in [0.4, 0.5) is 5.69 Å². The van der Waals surface area contributed by atoms with E-state index in [9.17, 15) is 13.2 Å². The number of nitrogens with zero attached hydrogens (tertiary/aromatic N) is 1. The summed E-state index contributed by atoms with van der Waals surface area (Å²) in [5.41, 5.74) is 2.14. The van der Waals surface area contributed by atoms with Crippen LogP contribution in [0.1, 0.15) is 26.3 Å². The molecule has 0 saturated carbocycles. The topological polar surface area (TPSA) is 54.5 Å². The summed E-state index contributed by atoms with van der Waals surface area (Å²) in [6.07, 6.45) is 2.17. The molecule has 24 heavy (non-hydrogen) atoms. The summed E-state index contributed by atoms with van der Waals surface area (Å²) in [7, 11) is -3.98. The van der Waals surface area contributed by atoms with Crippen LogP contribution in [0.25, 0.3) is 0 Å². The number of anilines is 1. The number of carbonyl (C=O) groups is 1. The van der Waals surface area contributed by atoms with Crippen LogP contribution in [0.5, 0.6) is 0 Å². The molecule has 1 amide bonds. The number of carbonyl (C=O) groups excluding carboxylic acids is 1. The maximum Gasteiger partial charge on any atom is 0.271 e. The fourth-order valence-corrected chi connectivity index (χ4v) is 3.66. The lowest BCUT2D eigenvalue weighted by Crippen LogP contribution is -2.36. The number of hydrogen-bond acceptors (Lipinski definition) is 3. The highest BCUT2D eigenvalue weighted by atomic mass is 32.2. The smallest absolute Gasteiger partial charge is 0.268 e. The van der Waals surface area contributed by atoms with E-state index in [4.69, 9.17) is 0 Å². The van der Waals surface area contributed by atoms with Gasteiger partial charge in [-0.15, -0.1) is 0 Å². The molecule has 0 radical (unpaired) electrons. The van der Waals surface area contributed by atoms with Crippen LogP contribution in [0.3, 0.4) is 0 Å². The fraction of sp³-hybridized carbons (Fsp3) is 0.211. The van der Waals surface area contributed by atoms with E-state index in [0.29, 0.717) is 5.69 Å². The third-order valence-electron chi connectivity index (χ3n) is 3.47. The Hall–Kier alpha value is -2.40. The highest BCUT2D eigenvalue weighted by Gasteiger charge is 2.29. The van der Waals surface area contributed by atoms with Crippen LogP contribution in [0.2, 0.25) is 0 Å². The molecule has 0 bridgehead atoms. The molecule has 0 aliphatic heterocycles. The van der Waals surface area contributed by atoms with Gasteiger partial charge in [-0.25, -0.2) is 8.42 Å². The van der Waals surface area contributed by atoms with Gasteiger partial charge in [-0.05, 0) is 50.1 Å². The number of amides is 1. The van der Waals surface area contributed by atoms with Gasteiger partial charge in [0, 0.05) is 6.08 Å². The Balaban J connectivity index is 2.58. The predicted octanol–water partition coefficient (Wildman–Crippen LogP) is 3.94. The normalized spacial score (nSPS) is 11.0. The highest BCUT2D eigenvalue weighted by Crippen LogP contribution is 2.25.